The molecule has 0 aliphatic heterocycles. The van der Waals surface area contributed by atoms with Gasteiger partial charge < -0.3 is 4.74 Å². The molecule has 170 valence electrons. The van der Waals surface area contributed by atoms with Crippen LogP contribution in [-0.4, -0.2) is 32.5 Å². The predicted molar refractivity (Wildman–Crippen MR) is 128 cm³/mol. The van der Waals surface area contributed by atoms with Crippen LogP contribution in [-0.2, 0) is 16.4 Å². The number of rotatable bonds is 8. The maximum atomic E-state index is 12.8. The molecule has 3 aromatic rings. The van der Waals surface area contributed by atoms with Crippen LogP contribution in [0.15, 0.2) is 47.4 Å². The SMILES string of the molecule is COc1ccc(C(=O)Nc2nc(C)c(Cc3ccccc3Cl)s2)cc1S(=O)(=O)NC(C)C. The third-order valence-corrected chi connectivity index (χ3v) is 7.65. The molecular formula is C22H24ClN3O4S2. The minimum atomic E-state index is -3.85. The van der Waals surface area contributed by atoms with Gasteiger partial charge in [0.05, 0.1) is 12.8 Å². The van der Waals surface area contributed by atoms with Crippen LogP contribution in [0.25, 0.3) is 0 Å². The van der Waals surface area contributed by atoms with Crippen molar-refractivity contribution in [3.05, 3.63) is 69.2 Å². The van der Waals surface area contributed by atoms with Crippen molar-refractivity contribution >= 4 is 44.0 Å². The third kappa shape index (κ3) is 5.66. The lowest BCUT2D eigenvalue weighted by Gasteiger charge is -2.14. The molecule has 3 rings (SSSR count). The van der Waals surface area contributed by atoms with Crippen molar-refractivity contribution in [1.29, 1.82) is 0 Å². The van der Waals surface area contributed by atoms with E-state index in [9.17, 15) is 13.2 Å². The molecule has 32 heavy (non-hydrogen) atoms. The lowest BCUT2D eigenvalue weighted by Crippen LogP contribution is -2.30. The van der Waals surface area contributed by atoms with E-state index in [4.69, 9.17) is 16.3 Å². The minimum Gasteiger partial charge on any atom is -0.495 e. The normalized spacial score (nSPS) is 11.6. The molecule has 0 unspecified atom stereocenters. The van der Waals surface area contributed by atoms with Gasteiger partial charge in [-0.3, -0.25) is 10.1 Å². The van der Waals surface area contributed by atoms with E-state index < -0.39 is 15.9 Å². The highest BCUT2D eigenvalue weighted by Crippen LogP contribution is 2.29. The number of thiazole rings is 1. The number of carbonyl (C=O) groups excluding carboxylic acids is 1. The monoisotopic (exact) mass is 493 g/mol. The molecule has 0 saturated heterocycles. The number of anilines is 1. The number of benzene rings is 2. The van der Waals surface area contributed by atoms with Gasteiger partial charge in [-0.05, 0) is 50.6 Å². The molecule has 0 fully saturated rings. The number of hydrogen-bond donors (Lipinski definition) is 2. The maximum Gasteiger partial charge on any atom is 0.257 e. The first-order valence-electron chi connectivity index (χ1n) is 9.82. The van der Waals surface area contributed by atoms with Crippen LogP contribution >= 0.6 is 22.9 Å². The average molecular weight is 494 g/mol. The van der Waals surface area contributed by atoms with E-state index in [0.717, 1.165) is 16.1 Å². The zero-order chi connectivity index (χ0) is 23.5. The minimum absolute atomic E-state index is 0.101. The molecule has 0 atom stereocenters. The molecule has 0 saturated carbocycles. The highest BCUT2D eigenvalue weighted by molar-refractivity contribution is 7.89. The van der Waals surface area contributed by atoms with E-state index in [1.807, 2.05) is 31.2 Å². The van der Waals surface area contributed by atoms with Crippen LogP contribution in [0, 0.1) is 6.92 Å². The molecule has 10 heteroatoms. The van der Waals surface area contributed by atoms with Crippen LogP contribution in [0.3, 0.4) is 0 Å². The van der Waals surface area contributed by atoms with Crippen LogP contribution in [0.2, 0.25) is 5.02 Å². The van der Waals surface area contributed by atoms with Gasteiger partial charge in [0.2, 0.25) is 10.0 Å². The Labute approximate surface area is 196 Å². The lowest BCUT2D eigenvalue weighted by atomic mass is 10.1. The van der Waals surface area contributed by atoms with E-state index in [0.29, 0.717) is 16.6 Å². The molecule has 2 N–H and O–H groups in total. The molecule has 0 bridgehead atoms. The first-order chi connectivity index (χ1) is 15.1. The molecular weight excluding hydrogens is 470 g/mol. The summed E-state index contributed by atoms with van der Waals surface area (Å²) in [6, 6.07) is 11.5. The molecule has 0 spiro atoms. The standard InChI is InChI=1S/C22H24ClN3O4S2/c1-13(2)26-32(28,29)20-12-16(9-10-18(20)30-4)21(27)25-22-24-14(3)19(31-22)11-15-7-5-6-8-17(15)23/h5-10,12-13,26H,11H2,1-4H3,(H,24,25,27). The summed E-state index contributed by atoms with van der Waals surface area (Å²) in [6.07, 6.45) is 0.602. The molecule has 0 radical (unpaired) electrons. The number of sulfonamides is 1. The Balaban J connectivity index is 1.83. The van der Waals surface area contributed by atoms with Crippen molar-refractivity contribution in [2.24, 2.45) is 0 Å². The van der Waals surface area contributed by atoms with E-state index in [1.54, 1.807) is 13.8 Å². The Morgan fingerprint density at radius 2 is 1.94 bits per heavy atom. The van der Waals surface area contributed by atoms with Crippen molar-refractivity contribution < 1.29 is 17.9 Å². The summed E-state index contributed by atoms with van der Waals surface area (Å²) in [7, 11) is -2.48. The van der Waals surface area contributed by atoms with Gasteiger partial charge in [-0.15, -0.1) is 11.3 Å². The van der Waals surface area contributed by atoms with Crippen molar-refractivity contribution in [1.82, 2.24) is 9.71 Å². The zero-order valence-electron chi connectivity index (χ0n) is 18.1. The maximum absolute atomic E-state index is 12.8. The number of hydrogen-bond acceptors (Lipinski definition) is 6. The van der Waals surface area contributed by atoms with Gasteiger partial charge in [-0.25, -0.2) is 18.1 Å². The van der Waals surface area contributed by atoms with Crippen LogP contribution in [0.5, 0.6) is 5.75 Å². The highest BCUT2D eigenvalue weighted by Gasteiger charge is 2.23. The third-order valence-electron chi connectivity index (χ3n) is 4.53. The Bertz CT molecular complexity index is 1240. The highest BCUT2D eigenvalue weighted by atomic mass is 35.5. The van der Waals surface area contributed by atoms with Crippen molar-refractivity contribution in [3.8, 4) is 5.75 Å². The number of ether oxygens (including phenoxy) is 1. The number of aromatic nitrogens is 1. The zero-order valence-corrected chi connectivity index (χ0v) is 20.5. The molecule has 1 amide bonds. The first kappa shape index (κ1) is 24.2. The summed E-state index contributed by atoms with van der Waals surface area (Å²) >= 11 is 7.61. The van der Waals surface area contributed by atoms with Gasteiger partial charge in [0.25, 0.3) is 5.91 Å². The average Bonchev–Trinajstić information content (AvgIpc) is 3.06. The second kappa shape index (κ2) is 9.99. The number of nitrogens with one attached hydrogen (secondary N) is 2. The molecule has 1 aromatic heterocycles. The molecule has 7 nitrogen and oxygen atoms in total. The molecule has 0 aliphatic carbocycles. The van der Waals surface area contributed by atoms with Crippen molar-refractivity contribution in [2.45, 2.75) is 38.1 Å². The predicted octanol–water partition coefficient (Wildman–Crippen LogP) is 4.64. The molecule has 2 aromatic carbocycles. The fraction of sp³-hybridized carbons (Fsp3) is 0.273. The summed E-state index contributed by atoms with van der Waals surface area (Å²) in [5.74, 6) is -0.312. The number of halogens is 1. The summed E-state index contributed by atoms with van der Waals surface area (Å²) in [6.45, 7) is 5.30. The summed E-state index contributed by atoms with van der Waals surface area (Å²) in [4.78, 5) is 18.1. The molecule has 1 heterocycles. The number of aryl methyl sites for hydroxylation is 1. The second-order valence-electron chi connectivity index (χ2n) is 7.39. The quantitative estimate of drug-likeness (QED) is 0.476. The van der Waals surface area contributed by atoms with Gasteiger partial charge in [-0.1, -0.05) is 29.8 Å². The van der Waals surface area contributed by atoms with Crippen LogP contribution in [0.1, 0.15) is 40.3 Å². The van der Waals surface area contributed by atoms with E-state index in [1.165, 1.54) is 36.6 Å². The van der Waals surface area contributed by atoms with Crippen molar-refractivity contribution in [2.75, 3.05) is 12.4 Å². The van der Waals surface area contributed by atoms with E-state index in [-0.39, 0.29) is 22.3 Å². The fourth-order valence-corrected chi connectivity index (χ4v) is 5.66. The topological polar surface area (TPSA) is 97.4 Å². The first-order valence-corrected chi connectivity index (χ1v) is 12.5. The Morgan fingerprint density at radius 3 is 2.59 bits per heavy atom. The largest absolute Gasteiger partial charge is 0.495 e. The van der Waals surface area contributed by atoms with Gasteiger partial charge >= 0.3 is 0 Å². The molecule has 0 aliphatic rings. The van der Waals surface area contributed by atoms with Crippen LogP contribution < -0.4 is 14.8 Å². The van der Waals surface area contributed by atoms with Gasteiger partial charge in [-0.2, -0.15) is 0 Å². The van der Waals surface area contributed by atoms with Gasteiger partial charge in [0, 0.05) is 27.9 Å². The summed E-state index contributed by atoms with van der Waals surface area (Å²) in [5, 5.41) is 3.86. The smallest absolute Gasteiger partial charge is 0.257 e. The van der Waals surface area contributed by atoms with E-state index in [2.05, 4.69) is 15.0 Å². The van der Waals surface area contributed by atoms with Gasteiger partial charge in [0.1, 0.15) is 10.6 Å². The number of nitrogens with zero attached hydrogens (tertiary/aromatic N) is 1. The number of amides is 1. The van der Waals surface area contributed by atoms with Gasteiger partial charge in [0.15, 0.2) is 5.13 Å². The Hall–Kier alpha value is -2.46. The summed E-state index contributed by atoms with van der Waals surface area (Å²) in [5.41, 5.74) is 1.95. The van der Waals surface area contributed by atoms with Crippen LogP contribution in [0.4, 0.5) is 5.13 Å². The number of methoxy groups -OCH3 is 1. The fourth-order valence-electron chi connectivity index (χ4n) is 3.03. The summed E-state index contributed by atoms with van der Waals surface area (Å²) < 4.78 is 33.0. The van der Waals surface area contributed by atoms with Crippen molar-refractivity contribution in [3.63, 3.8) is 0 Å². The Morgan fingerprint density at radius 1 is 1.22 bits per heavy atom. The number of carbonyl (C=O) groups is 1. The van der Waals surface area contributed by atoms with E-state index >= 15 is 0 Å². The second-order valence-corrected chi connectivity index (χ2v) is 10.6. The lowest BCUT2D eigenvalue weighted by molar-refractivity contribution is 0.102. The Kier molecular flexibility index (Phi) is 7.55.